The van der Waals surface area contributed by atoms with E-state index in [9.17, 15) is 13.6 Å². The third kappa shape index (κ3) is 5.31. The molecule has 0 atom stereocenters. The van der Waals surface area contributed by atoms with Gasteiger partial charge in [-0.15, -0.1) is 0 Å². The molecule has 0 saturated heterocycles. The normalized spacial score (nSPS) is 10.4. The second-order valence-electron chi connectivity index (χ2n) is 5.47. The van der Waals surface area contributed by atoms with E-state index in [1.54, 1.807) is 24.3 Å². The Morgan fingerprint density at radius 3 is 2.64 bits per heavy atom. The number of amides is 1. The number of aryl methyl sites for hydroxylation is 2. The minimum Gasteiger partial charge on any atom is -0.489 e. The van der Waals surface area contributed by atoms with Crippen LogP contribution in [0, 0.1) is 13.8 Å². The van der Waals surface area contributed by atoms with Gasteiger partial charge < -0.3 is 9.47 Å². The molecule has 6 heteroatoms. The van der Waals surface area contributed by atoms with E-state index in [0.717, 1.165) is 16.7 Å². The van der Waals surface area contributed by atoms with Crippen molar-refractivity contribution < 1.29 is 23.0 Å². The van der Waals surface area contributed by atoms with Crippen LogP contribution in [0.4, 0.5) is 19.3 Å². The molecule has 0 fully saturated rings. The molecule has 0 heterocycles. The fourth-order valence-corrected chi connectivity index (χ4v) is 2.32. The maximum absolute atomic E-state index is 12.1. The molecule has 0 aliphatic carbocycles. The van der Waals surface area contributed by atoms with Crippen LogP contribution in [0.3, 0.4) is 0 Å². The molecule has 0 aliphatic heterocycles. The highest BCUT2D eigenvalue weighted by Gasteiger charge is 2.13. The van der Waals surface area contributed by atoms with Crippen molar-refractivity contribution in [2.24, 2.45) is 0 Å². The SMILES string of the molecule is C=Cc1ccc(NC(=O)OC(F)F)c(COc2ccc(C)cc2C)c1. The van der Waals surface area contributed by atoms with E-state index in [1.807, 2.05) is 32.0 Å². The number of nitrogens with one attached hydrogen (secondary N) is 1. The lowest BCUT2D eigenvalue weighted by Gasteiger charge is -2.14. The van der Waals surface area contributed by atoms with Crippen LogP contribution in [0.2, 0.25) is 0 Å². The number of hydrogen-bond acceptors (Lipinski definition) is 3. The molecule has 1 N–H and O–H groups in total. The summed E-state index contributed by atoms with van der Waals surface area (Å²) in [5.41, 5.74) is 3.86. The predicted octanol–water partition coefficient (Wildman–Crippen LogP) is 5.30. The first kappa shape index (κ1) is 18.4. The predicted molar refractivity (Wildman–Crippen MR) is 92.9 cm³/mol. The fourth-order valence-electron chi connectivity index (χ4n) is 2.32. The molecule has 2 aromatic carbocycles. The van der Waals surface area contributed by atoms with Crippen molar-refractivity contribution in [2.75, 3.05) is 5.32 Å². The Balaban J connectivity index is 2.19. The molecule has 0 radical (unpaired) electrons. The summed E-state index contributed by atoms with van der Waals surface area (Å²) in [7, 11) is 0. The Kier molecular flexibility index (Phi) is 6.11. The van der Waals surface area contributed by atoms with Gasteiger partial charge in [-0.25, -0.2) is 4.79 Å². The lowest BCUT2D eigenvalue weighted by molar-refractivity contribution is -0.0766. The summed E-state index contributed by atoms with van der Waals surface area (Å²) in [6.45, 7) is 4.58. The first-order valence-electron chi connectivity index (χ1n) is 7.60. The second-order valence-corrected chi connectivity index (χ2v) is 5.47. The minimum absolute atomic E-state index is 0.149. The zero-order valence-electron chi connectivity index (χ0n) is 14.0. The van der Waals surface area contributed by atoms with Crippen molar-refractivity contribution in [3.05, 3.63) is 65.2 Å². The average molecular weight is 347 g/mol. The third-order valence-corrected chi connectivity index (χ3v) is 3.51. The standard InChI is InChI=1S/C19H19F2NO3/c1-4-14-6-7-16(22-19(23)25-18(20)21)15(10-14)11-24-17-8-5-12(2)9-13(17)3/h4-10,18H,1,11H2,2-3H3,(H,22,23). The topological polar surface area (TPSA) is 47.6 Å². The number of alkyl halides is 2. The molecule has 0 unspecified atom stereocenters. The number of rotatable bonds is 6. The van der Waals surface area contributed by atoms with Gasteiger partial charge in [0.1, 0.15) is 12.4 Å². The zero-order valence-corrected chi connectivity index (χ0v) is 14.0. The number of anilines is 1. The van der Waals surface area contributed by atoms with Crippen molar-refractivity contribution in [3.8, 4) is 5.75 Å². The van der Waals surface area contributed by atoms with Gasteiger partial charge in [0.05, 0.1) is 5.69 Å². The zero-order chi connectivity index (χ0) is 18.4. The maximum Gasteiger partial charge on any atom is 0.416 e. The van der Waals surface area contributed by atoms with Crippen molar-refractivity contribution in [3.63, 3.8) is 0 Å². The highest BCUT2D eigenvalue weighted by molar-refractivity contribution is 5.86. The smallest absolute Gasteiger partial charge is 0.416 e. The molecule has 4 nitrogen and oxygen atoms in total. The average Bonchev–Trinajstić information content (AvgIpc) is 2.54. The van der Waals surface area contributed by atoms with E-state index in [-0.39, 0.29) is 6.61 Å². The Morgan fingerprint density at radius 2 is 2.00 bits per heavy atom. The Hall–Kier alpha value is -2.89. The number of hydrogen-bond donors (Lipinski definition) is 1. The van der Waals surface area contributed by atoms with Crippen molar-refractivity contribution in [1.29, 1.82) is 0 Å². The van der Waals surface area contributed by atoms with Crippen LogP contribution in [0.5, 0.6) is 5.75 Å². The third-order valence-electron chi connectivity index (χ3n) is 3.51. The molecule has 1 amide bonds. The number of benzene rings is 2. The molecule has 0 bridgehead atoms. The number of carbonyl (C=O) groups excluding carboxylic acids is 1. The van der Waals surface area contributed by atoms with Gasteiger partial charge in [0.25, 0.3) is 0 Å². The summed E-state index contributed by atoms with van der Waals surface area (Å²) >= 11 is 0. The second kappa shape index (κ2) is 8.28. The molecule has 0 saturated carbocycles. The van der Waals surface area contributed by atoms with Crippen LogP contribution < -0.4 is 10.1 Å². The summed E-state index contributed by atoms with van der Waals surface area (Å²) in [6, 6.07) is 10.8. The van der Waals surface area contributed by atoms with E-state index in [1.165, 1.54) is 0 Å². The Morgan fingerprint density at radius 1 is 1.24 bits per heavy atom. The molecule has 2 rings (SSSR count). The first-order valence-corrected chi connectivity index (χ1v) is 7.60. The molecule has 132 valence electrons. The molecular formula is C19H19F2NO3. The van der Waals surface area contributed by atoms with E-state index < -0.39 is 12.7 Å². The molecule has 0 aliphatic rings. The lowest BCUT2D eigenvalue weighted by atomic mass is 10.1. The summed E-state index contributed by atoms with van der Waals surface area (Å²) in [4.78, 5) is 11.4. The van der Waals surface area contributed by atoms with Crippen LogP contribution >= 0.6 is 0 Å². The highest BCUT2D eigenvalue weighted by Crippen LogP contribution is 2.24. The van der Waals surface area contributed by atoms with E-state index in [4.69, 9.17) is 4.74 Å². The largest absolute Gasteiger partial charge is 0.489 e. The van der Waals surface area contributed by atoms with E-state index in [0.29, 0.717) is 17.0 Å². The molecule has 2 aromatic rings. The minimum atomic E-state index is -3.18. The van der Waals surface area contributed by atoms with Crippen molar-refractivity contribution in [1.82, 2.24) is 0 Å². The van der Waals surface area contributed by atoms with Crippen LogP contribution in [0.25, 0.3) is 6.08 Å². The van der Waals surface area contributed by atoms with Crippen LogP contribution in [-0.4, -0.2) is 12.7 Å². The van der Waals surface area contributed by atoms with Gasteiger partial charge in [0, 0.05) is 5.56 Å². The Bertz CT molecular complexity index is 775. The molecular weight excluding hydrogens is 328 g/mol. The van der Waals surface area contributed by atoms with Crippen molar-refractivity contribution >= 4 is 17.9 Å². The number of halogens is 2. The van der Waals surface area contributed by atoms with Gasteiger partial charge >= 0.3 is 12.7 Å². The summed E-state index contributed by atoms with van der Waals surface area (Å²) in [5, 5.41) is 2.30. The van der Waals surface area contributed by atoms with Gasteiger partial charge in [-0.2, -0.15) is 8.78 Å². The van der Waals surface area contributed by atoms with Gasteiger partial charge in [0.2, 0.25) is 0 Å². The van der Waals surface area contributed by atoms with Gasteiger partial charge in [-0.3, -0.25) is 5.32 Å². The van der Waals surface area contributed by atoms with E-state index >= 15 is 0 Å². The quantitative estimate of drug-likeness (QED) is 0.772. The van der Waals surface area contributed by atoms with Crippen LogP contribution in [0.15, 0.2) is 43.0 Å². The van der Waals surface area contributed by atoms with Crippen LogP contribution in [0.1, 0.15) is 22.3 Å². The summed E-state index contributed by atoms with van der Waals surface area (Å²) in [5.74, 6) is 0.704. The highest BCUT2D eigenvalue weighted by atomic mass is 19.3. The molecule has 0 spiro atoms. The maximum atomic E-state index is 12.1. The van der Waals surface area contributed by atoms with Gasteiger partial charge in [-0.05, 0) is 43.2 Å². The van der Waals surface area contributed by atoms with Gasteiger partial charge in [-0.1, -0.05) is 36.4 Å². The monoisotopic (exact) mass is 347 g/mol. The Labute approximate surface area is 145 Å². The van der Waals surface area contributed by atoms with Gasteiger partial charge in [0.15, 0.2) is 0 Å². The molecule has 25 heavy (non-hydrogen) atoms. The first-order chi connectivity index (χ1) is 11.9. The summed E-state index contributed by atoms with van der Waals surface area (Å²) in [6.07, 6.45) is 0.413. The van der Waals surface area contributed by atoms with Crippen LogP contribution in [-0.2, 0) is 11.3 Å². The van der Waals surface area contributed by atoms with Crippen molar-refractivity contribution in [2.45, 2.75) is 27.1 Å². The fraction of sp³-hybridized carbons (Fsp3) is 0.211. The summed E-state index contributed by atoms with van der Waals surface area (Å²) < 4.78 is 33.9. The number of carbonyl (C=O) groups is 1. The lowest BCUT2D eigenvalue weighted by Crippen LogP contribution is -2.18. The molecule has 0 aromatic heterocycles. The van der Waals surface area contributed by atoms with E-state index in [2.05, 4.69) is 16.6 Å². The number of ether oxygens (including phenoxy) is 2.